The lowest BCUT2D eigenvalue weighted by molar-refractivity contribution is -0.118. The zero-order valence-electron chi connectivity index (χ0n) is 16.3. The quantitative estimate of drug-likeness (QED) is 0.591. The molecule has 160 valence electrons. The molecule has 2 aromatic rings. The van der Waals surface area contributed by atoms with Crippen molar-refractivity contribution < 1.29 is 27.5 Å². The Labute approximate surface area is 183 Å². The van der Waals surface area contributed by atoms with E-state index in [1.807, 2.05) is 0 Å². The highest BCUT2D eigenvalue weighted by atomic mass is 79.9. The van der Waals surface area contributed by atoms with E-state index in [1.54, 1.807) is 24.3 Å². The standard InChI is InChI=1S/C20H21BrN2O6S/c1-28-20(25)14-4-9-18(17(21)12-14)29-13-19(24)22-15-5-7-16(8-6-15)30(26,27)23-10-2-3-11-23/h4-9,12H,2-3,10-11,13H2,1H3,(H,22,24). The van der Waals surface area contributed by atoms with Crippen LogP contribution in [0.1, 0.15) is 23.2 Å². The number of esters is 1. The molecule has 1 amide bonds. The maximum absolute atomic E-state index is 12.5. The summed E-state index contributed by atoms with van der Waals surface area (Å²) in [4.78, 5) is 23.9. The minimum atomic E-state index is -3.49. The molecule has 30 heavy (non-hydrogen) atoms. The van der Waals surface area contributed by atoms with Crippen LogP contribution >= 0.6 is 15.9 Å². The molecule has 8 nitrogen and oxygen atoms in total. The predicted molar refractivity (Wildman–Crippen MR) is 114 cm³/mol. The minimum Gasteiger partial charge on any atom is -0.483 e. The summed E-state index contributed by atoms with van der Waals surface area (Å²) in [7, 11) is -2.20. The van der Waals surface area contributed by atoms with E-state index in [1.165, 1.54) is 29.6 Å². The number of methoxy groups -OCH3 is 1. The van der Waals surface area contributed by atoms with Crippen LogP contribution < -0.4 is 10.1 Å². The summed E-state index contributed by atoms with van der Waals surface area (Å²) in [5.74, 6) is -0.492. The molecule has 1 heterocycles. The maximum atomic E-state index is 12.5. The summed E-state index contributed by atoms with van der Waals surface area (Å²) in [5.41, 5.74) is 0.814. The molecule has 3 rings (SSSR count). The van der Waals surface area contributed by atoms with Gasteiger partial charge < -0.3 is 14.8 Å². The van der Waals surface area contributed by atoms with E-state index in [0.29, 0.717) is 34.6 Å². The van der Waals surface area contributed by atoms with E-state index in [2.05, 4.69) is 26.0 Å². The smallest absolute Gasteiger partial charge is 0.337 e. The predicted octanol–water partition coefficient (Wildman–Crippen LogP) is 3.04. The third-order valence-electron chi connectivity index (χ3n) is 4.55. The second kappa shape index (κ2) is 9.59. The van der Waals surface area contributed by atoms with Crippen molar-refractivity contribution in [3.05, 3.63) is 52.5 Å². The highest BCUT2D eigenvalue weighted by Gasteiger charge is 2.26. The van der Waals surface area contributed by atoms with Crippen LogP contribution in [0.5, 0.6) is 5.75 Å². The first-order valence-electron chi connectivity index (χ1n) is 9.22. The fourth-order valence-electron chi connectivity index (χ4n) is 2.99. The molecule has 0 spiro atoms. The third-order valence-corrected chi connectivity index (χ3v) is 7.09. The topological polar surface area (TPSA) is 102 Å². The summed E-state index contributed by atoms with van der Waals surface area (Å²) in [6.07, 6.45) is 1.74. The van der Waals surface area contributed by atoms with Crippen LogP contribution in [-0.2, 0) is 19.6 Å². The van der Waals surface area contributed by atoms with E-state index < -0.39 is 21.9 Å². The third kappa shape index (κ3) is 5.18. The molecule has 1 aliphatic rings. The van der Waals surface area contributed by atoms with Gasteiger partial charge in [0.05, 0.1) is 22.0 Å². The van der Waals surface area contributed by atoms with Crippen molar-refractivity contribution in [3.8, 4) is 5.75 Å². The number of benzene rings is 2. The molecule has 0 unspecified atom stereocenters. The van der Waals surface area contributed by atoms with Gasteiger partial charge in [-0.05, 0) is 71.2 Å². The number of carbonyl (C=O) groups is 2. The fourth-order valence-corrected chi connectivity index (χ4v) is 5.00. The van der Waals surface area contributed by atoms with E-state index in [0.717, 1.165) is 12.8 Å². The number of hydrogen-bond donors (Lipinski definition) is 1. The zero-order valence-corrected chi connectivity index (χ0v) is 18.7. The molecule has 10 heteroatoms. The van der Waals surface area contributed by atoms with Gasteiger partial charge in [-0.2, -0.15) is 4.31 Å². The SMILES string of the molecule is COC(=O)c1ccc(OCC(=O)Nc2ccc(S(=O)(=O)N3CCCC3)cc2)c(Br)c1. The van der Waals surface area contributed by atoms with Gasteiger partial charge in [0.1, 0.15) is 5.75 Å². The second-order valence-electron chi connectivity index (χ2n) is 6.61. The monoisotopic (exact) mass is 496 g/mol. The molecule has 1 aliphatic heterocycles. The van der Waals surface area contributed by atoms with Crippen molar-refractivity contribution in [2.24, 2.45) is 0 Å². The van der Waals surface area contributed by atoms with Crippen molar-refractivity contribution in [2.45, 2.75) is 17.7 Å². The first-order valence-corrected chi connectivity index (χ1v) is 11.5. The number of sulfonamides is 1. The number of nitrogens with one attached hydrogen (secondary N) is 1. The van der Waals surface area contributed by atoms with Crippen molar-refractivity contribution in [1.29, 1.82) is 0 Å². The minimum absolute atomic E-state index is 0.202. The van der Waals surface area contributed by atoms with Crippen LogP contribution in [0.15, 0.2) is 51.8 Å². The van der Waals surface area contributed by atoms with Crippen LogP contribution in [-0.4, -0.2) is 51.4 Å². The highest BCUT2D eigenvalue weighted by molar-refractivity contribution is 9.10. The number of nitrogens with zero attached hydrogens (tertiary/aromatic N) is 1. The molecule has 1 N–H and O–H groups in total. The Bertz CT molecular complexity index is 1030. The van der Waals surface area contributed by atoms with Gasteiger partial charge in [-0.1, -0.05) is 0 Å². The molecular weight excluding hydrogens is 476 g/mol. The normalized spacial score (nSPS) is 14.3. The number of halogens is 1. The van der Waals surface area contributed by atoms with Gasteiger partial charge in [0, 0.05) is 18.8 Å². The lowest BCUT2D eigenvalue weighted by Gasteiger charge is -2.15. The van der Waals surface area contributed by atoms with Crippen LogP contribution in [0.2, 0.25) is 0 Å². The van der Waals surface area contributed by atoms with Crippen molar-refractivity contribution in [3.63, 3.8) is 0 Å². The van der Waals surface area contributed by atoms with Gasteiger partial charge in [0.2, 0.25) is 10.0 Å². The largest absolute Gasteiger partial charge is 0.483 e. The van der Waals surface area contributed by atoms with Gasteiger partial charge in [0.25, 0.3) is 5.91 Å². The summed E-state index contributed by atoms with van der Waals surface area (Å²) in [5, 5.41) is 2.66. The van der Waals surface area contributed by atoms with Gasteiger partial charge in [-0.15, -0.1) is 0 Å². The number of amides is 1. The number of carbonyl (C=O) groups excluding carboxylic acids is 2. The second-order valence-corrected chi connectivity index (χ2v) is 9.40. The van der Waals surface area contributed by atoms with Crippen molar-refractivity contribution >= 4 is 43.5 Å². The molecule has 0 aliphatic carbocycles. The molecule has 1 fully saturated rings. The van der Waals surface area contributed by atoms with Crippen LogP contribution in [0.3, 0.4) is 0 Å². The molecule has 1 saturated heterocycles. The Balaban J connectivity index is 1.57. The molecule has 0 aromatic heterocycles. The summed E-state index contributed by atoms with van der Waals surface area (Å²) in [6.45, 7) is 0.812. The fraction of sp³-hybridized carbons (Fsp3) is 0.300. The average molecular weight is 497 g/mol. The molecular formula is C20H21BrN2O6S. The molecule has 0 atom stereocenters. The van der Waals surface area contributed by atoms with Crippen LogP contribution in [0.4, 0.5) is 5.69 Å². The molecule has 0 saturated carbocycles. The van der Waals surface area contributed by atoms with Gasteiger partial charge >= 0.3 is 5.97 Å². The zero-order chi connectivity index (χ0) is 21.7. The number of hydrogen-bond acceptors (Lipinski definition) is 6. The average Bonchev–Trinajstić information content (AvgIpc) is 3.28. The maximum Gasteiger partial charge on any atom is 0.337 e. The lowest BCUT2D eigenvalue weighted by Crippen LogP contribution is -2.27. The Morgan fingerprint density at radius 2 is 1.77 bits per heavy atom. The highest BCUT2D eigenvalue weighted by Crippen LogP contribution is 2.26. The van der Waals surface area contributed by atoms with Crippen LogP contribution in [0.25, 0.3) is 0 Å². The van der Waals surface area contributed by atoms with Crippen molar-refractivity contribution in [2.75, 3.05) is 32.1 Å². The number of rotatable bonds is 7. The Morgan fingerprint density at radius 3 is 2.37 bits per heavy atom. The number of anilines is 1. The summed E-state index contributed by atoms with van der Waals surface area (Å²) < 4.78 is 37.2. The Hall–Kier alpha value is -2.43. The lowest BCUT2D eigenvalue weighted by atomic mass is 10.2. The molecule has 2 aromatic carbocycles. The van der Waals surface area contributed by atoms with E-state index in [4.69, 9.17) is 4.74 Å². The van der Waals surface area contributed by atoms with E-state index in [-0.39, 0.29) is 11.5 Å². The molecule has 0 bridgehead atoms. The van der Waals surface area contributed by atoms with Gasteiger partial charge in [0.15, 0.2) is 6.61 Å². The summed E-state index contributed by atoms with van der Waals surface area (Å²) in [6, 6.07) is 10.7. The van der Waals surface area contributed by atoms with E-state index >= 15 is 0 Å². The van der Waals surface area contributed by atoms with Gasteiger partial charge in [-0.3, -0.25) is 4.79 Å². The Kier molecular flexibility index (Phi) is 7.11. The summed E-state index contributed by atoms with van der Waals surface area (Å²) >= 11 is 3.29. The Morgan fingerprint density at radius 1 is 1.10 bits per heavy atom. The van der Waals surface area contributed by atoms with Crippen molar-refractivity contribution in [1.82, 2.24) is 4.31 Å². The van der Waals surface area contributed by atoms with Crippen LogP contribution in [0, 0.1) is 0 Å². The molecule has 0 radical (unpaired) electrons. The van der Waals surface area contributed by atoms with E-state index in [9.17, 15) is 18.0 Å². The first kappa shape index (κ1) is 22.3. The van der Waals surface area contributed by atoms with Gasteiger partial charge in [-0.25, -0.2) is 13.2 Å². The first-order chi connectivity index (χ1) is 14.3. The number of ether oxygens (including phenoxy) is 2.